The maximum Gasteiger partial charge on any atom is 0.335 e. The molecule has 0 radical (unpaired) electrons. The van der Waals surface area contributed by atoms with Gasteiger partial charge in [-0.25, -0.2) is 9.59 Å². The molecule has 20 nitrogen and oxygen atoms in total. The van der Waals surface area contributed by atoms with E-state index in [1.807, 2.05) is 0 Å². The van der Waals surface area contributed by atoms with Crippen LogP contribution in [0.15, 0.2) is 24.3 Å². The topological polar surface area (TPSA) is 243 Å². The lowest BCUT2D eigenvalue weighted by atomic mass is 10.3. The van der Waals surface area contributed by atoms with E-state index in [1.54, 1.807) is 0 Å². The number of carbonyl (C=O) groups excluding carboxylic acids is 12. The van der Waals surface area contributed by atoms with Crippen molar-refractivity contribution in [2.45, 2.75) is 51.4 Å². The Balaban J connectivity index is 1.83. The number of carbonyl (C=O) groups is 12. The Morgan fingerprint density at radius 3 is 1.53 bits per heavy atom. The summed E-state index contributed by atoms with van der Waals surface area (Å²) in [6.07, 6.45) is 1.02. The summed E-state index contributed by atoms with van der Waals surface area (Å²) in [5.74, 6) is -9.26. The monoisotopic (exact) mass is 688 g/mol. The number of hydrazine groups is 1. The van der Waals surface area contributed by atoms with Crippen LogP contribution in [0, 0.1) is 0 Å². The quantitative estimate of drug-likeness (QED) is 0.0703. The third kappa shape index (κ3) is 10.2. The van der Waals surface area contributed by atoms with Crippen LogP contribution in [-0.4, -0.2) is 135 Å². The van der Waals surface area contributed by atoms with Crippen molar-refractivity contribution in [2.24, 2.45) is 0 Å². The average Bonchev–Trinajstić information content (AvgIpc) is 3.68. The molecule has 262 valence electrons. The van der Waals surface area contributed by atoms with E-state index in [1.165, 1.54) is 7.05 Å². The molecule has 3 rings (SSSR count). The lowest BCUT2D eigenvalue weighted by Crippen LogP contribution is -2.52. The predicted octanol–water partition coefficient (Wildman–Crippen LogP) is -2.53. The Hall–Kier alpha value is -6.08. The number of rotatable bonds is 16. The van der Waals surface area contributed by atoms with Crippen LogP contribution < -0.4 is 0 Å². The molecule has 0 aliphatic carbocycles. The minimum Gasteiger partial charge on any atom is -0.342 e. The van der Waals surface area contributed by atoms with E-state index in [2.05, 4.69) is 0 Å². The third-order valence-corrected chi connectivity index (χ3v) is 7.12. The molecule has 3 heterocycles. The largest absolute Gasteiger partial charge is 0.342 e. The van der Waals surface area contributed by atoms with Gasteiger partial charge in [0, 0.05) is 76.9 Å². The number of hydrogen-bond acceptors (Lipinski definition) is 14. The first-order valence-corrected chi connectivity index (χ1v) is 14.9. The molecule has 0 atom stereocenters. The summed E-state index contributed by atoms with van der Waals surface area (Å²) in [6, 6.07) is 0. The lowest BCUT2D eigenvalue weighted by molar-refractivity contribution is -0.199. The highest BCUT2D eigenvalue weighted by Gasteiger charge is 2.36. The Morgan fingerprint density at radius 1 is 0.673 bits per heavy atom. The summed E-state index contributed by atoms with van der Waals surface area (Å²) in [4.78, 5) is 158. The minimum absolute atomic E-state index is 0.185. The van der Waals surface area contributed by atoms with Crippen molar-refractivity contribution in [3.8, 4) is 0 Å². The number of likely N-dealkylation sites (N-methyl/N-ethyl adjacent to an activating group) is 1. The number of allylic oxidation sites excluding steroid dienone is 1. The van der Waals surface area contributed by atoms with E-state index in [0.29, 0.717) is 6.29 Å². The molecule has 3 aliphatic rings. The smallest absolute Gasteiger partial charge is 0.335 e. The number of aldehydes is 1. The fourth-order valence-corrected chi connectivity index (χ4v) is 4.50. The molecule has 3 aliphatic heterocycles. The van der Waals surface area contributed by atoms with E-state index >= 15 is 0 Å². The highest BCUT2D eigenvalue weighted by Crippen LogP contribution is 2.16. The first-order chi connectivity index (χ1) is 23.2. The van der Waals surface area contributed by atoms with Gasteiger partial charge in [-0.2, -0.15) is 0 Å². The highest BCUT2D eigenvalue weighted by atomic mass is 16.7. The zero-order valence-electron chi connectivity index (χ0n) is 26.3. The van der Waals surface area contributed by atoms with Crippen molar-refractivity contribution >= 4 is 71.4 Å². The molecule has 9 amide bonds. The molecule has 2 saturated heterocycles. The molecule has 20 heteroatoms. The van der Waals surface area contributed by atoms with Gasteiger partial charge in [0.2, 0.25) is 17.7 Å². The van der Waals surface area contributed by atoms with E-state index in [9.17, 15) is 57.5 Å². The molecular formula is C29H32N6O14. The SMILES string of the molecule is CN(CCC(=O)N(CCC(=O)ON1C(=O)CCC1=O)N(CCC(=O)ON1C(=O)CCC1=O)C(=O)CCN1C(=O)C=CC1=O)C(=O)/C=C\C=O. The van der Waals surface area contributed by atoms with Gasteiger partial charge in [-0.1, -0.05) is 0 Å². The Kier molecular flexibility index (Phi) is 13.1. The number of hydroxylamine groups is 4. The second kappa shape index (κ2) is 17.2. The van der Waals surface area contributed by atoms with E-state index in [0.717, 1.165) is 44.1 Å². The van der Waals surface area contributed by atoms with Gasteiger partial charge in [-0.05, 0) is 6.08 Å². The molecule has 0 spiro atoms. The van der Waals surface area contributed by atoms with E-state index < -0.39 is 110 Å². The maximum absolute atomic E-state index is 13.6. The van der Waals surface area contributed by atoms with Crippen LogP contribution in [0.1, 0.15) is 51.4 Å². The Labute approximate surface area is 277 Å². The van der Waals surface area contributed by atoms with Crippen LogP contribution in [0.3, 0.4) is 0 Å². The van der Waals surface area contributed by atoms with Crippen LogP contribution >= 0.6 is 0 Å². The number of hydrogen-bond donors (Lipinski definition) is 0. The van der Waals surface area contributed by atoms with E-state index in [-0.39, 0.29) is 42.4 Å². The summed E-state index contributed by atoms with van der Waals surface area (Å²) in [6.45, 7) is -1.98. The van der Waals surface area contributed by atoms with Crippen molar-refractivity contribution < 1.29 is 67.2 Å². The van der Waals surface area contributed by atoms with Gasteiger partial charge in [-0.3, -0.25) is 62.9 Å². The van der Waals surface area contributed by atoms with Gasteiger partial charge in [0.15, 0.2) is 0 Å². The van der Waals surface area contributed by atoms with Crippen molar-refractivity contribution in [1.82, 2.24) is 29.9 Å². The summed E-state index contributed by atoms with van der Waals surface area (Å²) in [5.41, 5.74) is 0. The molecule has 0 aromatic heterocycles. The maximum atomic E-state index is 13.6. The van der Waals surface area contributed by atoms with Gasteiger partial charge in [0.1, 0.15) is 6.29 Å². The van der Waals surface area contributed by atoms with Crippen molar-refractivity contribution in [2.75, 3.05) is 33.2 Å². The van der Waals surface area contributed by atoms with Crippen molar-refractivity contribution in [1.29, 1.82) is 0 Å². The molecule has 0 bridgehead atoms. The van der Waals surface area contributed by atoms with Crippen LogP contribution in [0.5, 0.6) is 0 Å². The molecular weight excluding hydrogens is 656 g/mol. The van der Waals surface area contributed by atoms with Crippen molar-refractivity contribution in [3.05, 3.63) is 24.3 Å². The first-order valence-electron chi connectivity index (χ1n) is 14.9. The normalized spacial score (nSPS) is 15.8. The van der Waals surface area contributed by atoms with Gasteiger partial charge in [-0.15, -0.1) is 10.1 Å². The molecule has 2 fully saturated rings. The number of nitrogens with zero attached hydrogens (tertiary/aromatic N) is 6. The second-order valence-corrected chi connectivity index (χ2v) is 10.5. The standard InChI is InChI=1S/C29H32N6O14/c1-30(19(37)3-2-18-36)14-10-22(40)32(16-12-28(46)48-34-24(42)6-7-25(34)43)33(23(41)11-15-31-20(38)4-5-21(31)39)17-13-29(47)49-35-26(44)8-9-27(35)45/h2-5,18H,6-17H2,1H3/b3-2-. The number of amides is 9. The van der Waals surface area contributed by atoms with Crippen molar-refractivity contribution in [3.63, 3.8) is 0 Å². The predicted molar refractivity (Wildman–Crippen MR) is 155 cm³/mol. The first kappa shape index (κ1) is 37.4. The fraction of sp³-hybridized carbons (Fsp3) is 0.448. The Bertz CT molecular complexity index is 1470. The fourth-order valence-electron chi connectivity index (χ4n) is 4.50. The van der Waals surface area contributed by atoms with Crippen LogP contribution in [0.4, 0.5) is 0 Å². The van der Waals surface area contributed by atoms with Gasteiger partial charge in [0.25, 0.3) is 35.4 Å². The summed E-state index contributed by atoms with van der Waals surface area (Å²) < 4.78 is 0. The van der Waals surface area contributed by atoms with Gasteiger partial charge < -0.3 is 14.6 Å². The zero-order chi connectivity index (χ0) is 36.2. The number of imide groups is 3. The molecule has 0 saturated carbocycles. The zero-order valence-corrected chi connectivity index (χ0v) is 26.3. The molecule has 0 unspecified atom stereocenters. The average molecular weight is 689 g/mol. The molecule has 0 aromatic carbocycles. The second-order valence-electron chi connectivity index (χ2n) is 10.5. The summed E-state index contributed by atoms with van der Waals surface area (Å²) in [5, 5.41) is 2.02. The third-order valence-electron chi connectivity index (χ3n) is 7.12. The summed E-state index contributed by atoms with van der Waals surface area (Å²) in [7, 11) is 1.31. The minimum atomic E-state index is -1.15. The van der Waals surface area contributed by atoms with Gasteiger partial charge in [0.05, 0.1) is 25.9 Å². The lowest BCUT2D eigenvalue weighted by Gasteiger charge is -2.35. The van der Waals surface area contributed by atoms with Crippen LogP contribution in [0.2, 0.25) is 0 Å². The van der Waals surface area contributed by atoms with E-state index in [4.69, 9.17) is 9.68 Å². The Morgan fingerprint density at radius 2 is 1.10 bits per heavy atom. The highest BCUT2D eigenvalue weighted by molar-refractivity contribution is 6.13. The molecule has 49 heavy (non-hydrogen) atoms. The van der Waals surface area contributed by atoms with Crippen LogP contribution in [0.25, 0.3) is 0 Å². The summed E-state index contributed by atoms with van der Waals surface area (Å²) >= 11 is 0. The van der Waals surface area contributed by atoms with Crippen LogP contribution in [-0.2, 0) is 67.2 Å². The van der Waals surface area contributed by atoms with Gasteiger partial charge >= 0.3 is 11.9 Å². The molecule has 0 aromatic rings. The molecule has 0 N–H and O–H groups in total.